The van der Waals surface area contributed by atoms with Gasteiger partial charge in [0.2, 0.25) is 5.91 Å². The fourth-order valence-corrected chi connectivity index (χ4v) is 3.73. The van der Waals surface area contributed by atoms with E-state index in [1.807, 2.05) is 0 Å². The number of nitrogens with two attached hydrogens (primary N) is 2. The number of anilines is 3. The monoisotopic (exact) mass is 417 g/mol. The van der Waals surface area contributed by atoms with Crippen LogP contribution in [0, 0.1) is 10.1 Å². The molecule has 0 atom stereocenters. The summed E-state index contributed by atoms with van der Waals surface area (Å²) >= 11 is 2.51. The van der Waals surface area contributed by atoms with Crippen molar-refractivity contribution in [1.82, 2.24) is 15.0 Å². The normalized spacial score (nSPS) is 10.6. The number of hydrogen-bond donors (Lipinski definition) is 3. The zero-order valence-electron chi connectivity index (χ0n) is 14.4. The third-order valence-corrected chi connectivity index (χ3v) is 5.02. The number of nitro benzene ring substituents is 1. The van der Waals surface area contributed by atoms with Gasteiger partial charge < -0.3 is 16.8 Å². The van der Waals surface area contributed by atoms with E-state index in [1.165, 1.54) is 41.3 Å². The Bertz CT molecular complexity index is 1000. The number of nitro groups is 1. The number of nitrogens with one attached hydrogen (secondary N) is 1. The molecule has 0 aliphatic heterocycles. The maximum Gasteiger partial charge on any atom is 0.270 e. The number of benzene rings is 1. The number of thioether (sulfide) groups is 1. The summed E-state index contributed by atoms with van der Waals surface area (Å²) in [4.78, 5) is 34.9. The Morgan fingerprint density at radius 1 is 1.21 bits per heavy atom. The summed E-state index contributed by atoms with van der Waals surface area (Å²) in [6.45, 7) is 0. The molecule has 2 aromatic heterocycles. The number of amides is 1. The highest BCUT2D eigenvalue weighted by Gasteiger charge is 2.12. The standard InChI is InChI=1S/C16H15N7O3S2/c17-12-7-13(18)21-16(20-12)27-5-4-14(24)22-15-19-11(8-28-15)9-2-1-3-10(6-9)23(25)26/h1-3,6-8H,4-5H2,(H,19,22,24)(H4,17,18,20,21). The molecule has 5 N–H and O–H groups in total. The van der Waals surface area contributed by atoms with Crippen LogP contribution in [0.4, 0.5) is 22.5 Å². The summed E-state index contributed by atoms with van der Waals surface area (Å²) in [6.07, 6.45) is 0.217. The minimum Gasteiger partial charge on any atom is -0.383 e. The zero-order valence-corrected chi connectivity index (χ0v) is 16.0. The first-order valence-corrected chi connectivity index (χ1v) is 9.80. The highest BCUT2D eigenvalue weighted by Crippen LogP contribution is 2.27. The SMILES string of the molecule is Nc1cc(N)nc(SCCC(=O)Nc2nc(-c3cccc([N+](=O)[O-])c3)cs2)n1. The third-order valence-electron chi connectivity index (χ3n) is 3.41. The second-order valence-corrected chi connectivity index (χ2v) is 7.41. The molecule has 3 aromatic rings. The first-order chi connectivity index (χ1) is 13.4. The van der Waals surface area contributed by atoms with E-state index in [-0.39, 0.29) is 29.7 Å². The Morgan fingerprint density at radius 2 is 1.96 bits per heavy atom. The highest BCUT2D eigenvalue weighted by molar-refractivity contribution is 7.99. The molecule has 28 heavy (non-hydrogen) atoms. The molecule has 0 bridgehead atoms. The number of nitrogen functional groups attached to an aromatic ring is 2. The number of thiazole rings is 1. The molecule has 144 valence electrons. The topological polar surface area (TPSA) is 163 Å². The maximum absolute atomic E-state index is 12.1. The van der Waals surface area contributed by atoms with Crippen LogP contribution < -0.4 is 16.8 Å². The summed E-state index contributed by atoms with van der Waals surface area (Å²) in [7, 11) is 0. The van der Waals surface area contributed by atoms with E-state index < -0.39 is 4.92 Å². The van der Waals surface area contributed by atoms with Crippen LogP contribution in [0.25, 0.3) is 11.3 Å². The first kappa shape index (κ1) is 19.5. The average molecular weight is 417 g/mol. The van der Waals surface area contributed by atoms with Gasteiger partial charge in [0.1, 0.15) is 11.6 Å². The van der Waals surface area contributed by atoms with Crippen LogP contribution in [-0.2, 0) is 4.79 Å². The maximum atomic E-state index is 12.1. The van der Waals surface area contributed by atoms with Crippen molar-refractivity contribution in [3.8, 4) is 11.3 Å². The molecule has 10 nitrogen and oxygen atoms in total. The van der Waals surface area contributed by atoms with Crippen molar-refractivity contribution in [3.63, 3.8) is 0 Å². The van der Waals surface area contributed by atoms with Crippen molar-refractivity contribution >= 4 is 51.5 Å². The Hall–Kier alpha value is -3.25. The lowest BCUT2D eigenvalue weighted by atomic mass is 10.1. The summed E-state index contributed by atoms with van der Waals surface area (Å²) in [5.41, 5.74) is 12.4. The minimum atomic E-state index is -0.464. The Morgan fingerprint density at radius 3 is 2.68 bits per heavy atom. The fraction of sp³-hybridized carbons (Fsp3) is 0.125. The number of nitrogens with zero attached hydrogens (tertiary/aromatic N) is 4. The molecule has 1 amide bonds. The molecule has 0 saturated carbocycles. The van der Waals surface area contributed by atoms with E-state index in [9.17, 15) is 14.9 Å². The smallest absolute Gasteiger partial charge is 0.270 e. The molecule has 1 aromatic carbocycles. The van der Waals surface area contributed by atoms with Crippen molar-refractivity contribution < 1.29 is 9.72 Å². The molecule has 0 radical (unpaired) electrons. The number of aromatic nitrogens is 3. The molecule has 0 spiro atoms. The van der Waals surface area contributed by atoms with Crippen LogP contribution in [0.3, 0.4) is 0 Å². The molecule has 0 aliphatic rings. The molecule has 0 saturated heterocycles. The molecule has 0 aliphatic carbocycles. The summed E-state index contributed by atoms with van der Waals surface area (Å²) in [5.74, 6) is 0.772. The van der Waals surface area contributed by atoms with Gasteiger partial charge in [-0.2, -0.15) is 0 Å². The van der Waals surface area contributed by atoms with Crippen LogP contribution in [0.2, 0.25) is 0 Å². The lowest BCUT2D eigenvalue weighted by Gasteiger charge is -2.03. The van der Waals surface area contributed by atoms with Crippen LogP contribution in [-0.4, -0.2) is 31.5 Å². The van der Waals surface area contributed by atoms with E-state index in [0.29, 0.717) is 27.3 Å². The van der Waals surface area contributed by atoms with E-state index in [2.05, 4.69) is 20.3 Å². The van der Waals surface area contributed by atoms with Gasteiger partial charge in [-0.1, -0.05) is 23.9 Å². The van der Waals surface area contributed by atoms with E-state index in [0.717, 1.165) is 0 Å². The molecule has 0 unspecified atom stereocenters. The lowest BCUT2D eigenvalue weighted by Crippen LogP contribution is -2.12. The number of carbonyl (C=O) groups is 1. The van der Waals surface area contributed by atoms with E-state index in [4.69, 9.17) is 11.5 Å². The molecule has 2 heterocycles. The summed E-state index contributed by atoms with van der Waals surface area (Å²) < 4.78 is 0. The van der Waals surface area contributed by atoms with Gasteiger partial charge in [-0.05, 0) is 0 Å². The summed E-state index contributed by atoms with van der Waals surface area (Å²) in [6, 6.07) is 7.62. The lowest BCUT2D eigenvalue weighted by molar-refractivity contribution is -0.384. The van der Waals surface area contributed by atoms with Crippen LogP contribution in [0.5, 0.6) is 0 Å². The minimum absolute atomic E-state index is 0.0162. The number of carbonyl (C=O) groups excluding carboxylic acids is 1. The molecule has 0 fully saturated rings. The van der Waals surface area contributed by atoms with Crippen molar-refractivity contribution in [3.05, 3.63) is 45.8 Å². The molecule has 12 heteroatoms. The predicted molar refractivity (Wildman–Crippen MR) is 109 cm³/mol. The zero-order chi connectivity index (χ0) is 20.1. The first-order valence-electron chi connectivity index (χ1n) is 7.94. The fourth-order valence-electron chi connectivity index (χ4n) is 2.19. The van der Waals surface area contributed by atoms with Gasteiger partial charge in [-0.3, -0.25) is 14.9 Å². The van der Waals surface area contributed by atoms with Gasteiger partial charge in [0.05, 0.1) is 10.6 Å². The number of non-ortho nitro benzene ring substituents is 1. The second kappa shape index (κ2) is 8.63. The van der Waals surface area contributed by atoms with Crippen molar-refractivity contribution in [2.45, 2.75) is 11.6 Å². The Balaban J connectivity index is 1.55. The van der Waals surface area contributed by atoms with Crippen LogP contribution in [0.1, 0.15) is 6.42 Å². The molecular formula is C16H15N7O3S2. The van der Waals surface area contributed by atoms with Gasteiger partial charge in [0.25, 0.3) is 5.69 Å². The predicted octanol–water partition coefficient (Wildman–Crippen LogP) is 2.79. The van der Waals surface area contributed by atoms with Gasteiger partial charge in [0, 0.05) is 41.3 Å². The van der Waals surface area contributed by atoms with Gasteiger partial charge in [-0.25, -0.2) is 15.0 Å². The third kappa shape index (κ3) is 5.14. The largest absolute Gasteiger partial charge is 0.383 e. The van der Waals surface area contributed by atoms with Crippen molar-refractivity contribution in [1.29, 1.82) is 0 Å². The van der Waals surface area contributed by atoms with Gasteiger partial charge in [0.15, 0.2) is 10.3 Å². The quantitative estimate of drug-likeness (QED) is 0.227. The molecule has 3 rings (SSSR count). The molecular weight excluding hydrogens is 402 g/mol. The van der Waals surface area contributed by atoms with Crippen LogP contribution >= 0.6 is 23.1 Å². The van der Waals surface area contributed by atoms with Crippen molar-refractivity contribution in [2.75, 3.05) is 22.5 Å². The number of rotatable bonds is 7. The van der Waals surface area contributed by atoms with Crippen molar-refractivity contribution in [2.24, 2.45) is 0 Å². The average Bonchev–Trinajstić information content (AvgIpc) is 3.09. The highest BCUT2D eigenvalue weighted by atomic mass is 32.2. The van der Waals surface area contributed by atoms with Gasteiger partial charge in [-0.15, -0.1) is 11.3 Å². The van der Waals surface area contributed by atoms with Crippen LogP contribution in [0.15, 0.2) is 40.9 Å². The van der Waals surface area contributed by atoms with E-state index in [1.54, 1.807) is 17.5 Å². The Kier molecular flexibility index (Phi) is 6.01. The van der Waals surface area contributed by atoms with Gasteiger partial charge >= 0.3 is 0 Å². The van der Waals surface area contributed by atoms with E-state index >= 15 is 0 Å². The summed E-state index contributed by atoms with van der Waals surface area (Å²) in [5, 5.41) is 16.1. The second-order valence-electron chi connectivity index (χ2n) is 5.49. The number of hydrogen-bond acceptors (Lipinski definition) is 10. The Labute approximate surface area is 167 Å².